The molecule has 0 aromatic heterocycles. The van der Waals surface area contributed by atoms with E-state index in [1.807, 2.05) is 77.0 Å². The zero-order valence-corrected chi connectivity index (χ0v) is 35.2. The SMILES string of the molecule is CC(C)[C@H]1NC(=O)[C@@H]2CCCN2C(=O)[C@H](C)[C@@H](O)[C@H](C)[C@@H](O[C@@H]2O[C@H](C)C[C@H](N(C)C)[C@H]2O)[C@](C)(O)C[C@@H](C)CN(C)C(=O)[C@@H](CCc2ccccc2)NC1=O. The highest BCUT2D eigenvalue weighted by Crippen LogP contribution is 2.36. The third-order valence-corrected chi connectivity index (χ3v) is 12.1. The zero-order chi connectivity index (χ0) is 41.6. The van der Waals surface area contributed by atoms with Gasteiger partial charge in [-0.3, -0.25) is 19.2 Å². The van der Waals surface area contributed by atoms with Crippen molar-refractivity contribution in [2.45, 2.75) is 147 Å². The lowest BCUT2D eigenvalue weighted by Crippen LogP contribution is -2.59. The molecule has 13 atom stereocenters. The normalized spacial score (nSPS) is 37.5. The number of amides is 4. The molecule has 316 valence electrons. The molecule has 3 aliphatic rings. The molecule has 1 aromatic carbocycles. The number of nitrogens with zero attached hydrogens (tertiary/aromatic N) is 3. The van der Waals surface area contributed by atoms with Crippen molar-refractivity contribution >= 4 is 23.6 Å². The Labute approximate surface area is 333 Å². The molecule has 56 heavy (non-hydrogen) atoms. The summed E-state index contributed by atoms with van der Waals surface area (Å²) in [6.07, 6.45) is -2.48. The average Bonchev–Trinajstić information content (AvgIpc) is 3.63. The van der Waals surface area contributed by atoms with E-state index in [1.165, 1.54) is 4.90 Å². The predicted octanol–water partition coefficient (Wildman–Crippen LogP) is 1.93. The van der Waals surface area contributed by atoms with Crippen LogP contribution >= 0.6 is 0 Å². The van der Waals surface area contributed by atoms with Crippen molar-refractivity contribution in [2.24, 2.45) is 23.7 Å². The summed E-state index contributed by atoms with van der Waals surface area (Å²) in [5, 5.41) is 41.5. The van der Waals surface area contributed by atoms with Gasteiger partial charge in [-0.05, 0) is 83.9 Å². The molecule has 14 heteroatoms. The van der Waals surface area contributed by atoms with Gasteiger partial charge in [0.15, 0.2) is 6.29 Å². The first-order valence-corrected chi connectivity index (χ1v) is 20.5. The van der Waals surface area contributed by atoms with E-state index in [4.69, 9.17) is 9.47 Å². The lowest BCUT2D eigenvalue weighted by molar-refractivity contribution is -0.299. The Bertz CT molecular complexity index is 1480. The highest BCUT2D eigenvalue weighted by molar-refractivity contribution is 5.94. The minimum atomic E-state index is -1.64. The topological polar surface area (TPSA) is 181 Å². The van der Waals surface area contributed by atoms with E-state index in [0.29, 0.717) is 38.6 Å². The molecular formula is C42H69N5O9. The van der Waals surface area contributed by atoms with Crippen LogP contribution in [0.1, 0.15) is 86.1 Å². The fraction of sp³-hybridized carbons (Fsp3) is 0.762. The molecule has 3 heterocycles. The Hall–Kier alpha value is -3.14. The number of nitrogens with one attached hydrogen (secondary N) is 2. The first kappa shape index (κ1) is 45.6. The van der Waals surface area contributed by atoms with Crippen LogP contribution in [0, 0.1) is 23.7 Å². The standard InChI is InChI=1S/C42H69N5O9/c1-24(2)33-38(51)43-30(19-18-29-15-12-11-13-16-29)40(53)46(10)23-25(3)22-42(7,54)36(56-41-35(49)32(45(8)9)21-26(4)55-41)27(5)34(48)28(6)39(52)47-20-14-17-31(47)37(50)44-33/h11-13,15-16,24-28,30-36,41,48-49,54H,14,17-23H2,1-10H3,(H,43,51)(H,44,50)/t25-,26-,27+,28-,30-,31+,32+,33-,34+,35-,36-,41+,42-/m1/s1. The maximum Gasteiger partial charge on any atom is 0.244 e. The number of likely N-dealkylation sites (N-methyl/N-ethyl adjacent to an activating group) is 2. The van der Waals surface area contributed by atoms with Gasteiger partial charge in [0.1, 0.15) is 24.2 Å². The molecule has 0 aliphatic carbocycles. The summed E-state index contributed by atoms with van der Waals surface area (Å²) in [6.45, 7) is 12.8. The number of aryl methyl sites for hydroxylation is 1. The van der Waals surface area contributed by atoms with Crippen LogP contribution in [0.5, 0.6) is 0 Å². The lowest BCUT2D eigenvalue weighted by atomic mass is 9.77. The van der Waals surface area contributed by atoms with Crippen molar-refractivity contribution in [3.8, 4) is 0 Å². The fourth-order valence-electron chi connectivity index (χ4n) is 8.95. The third-order valence-electron chi connectivity index (χ3n) is 12.1. The van der Waals surface area contributed by atoms with Gasteiger partial charge in [0.2, 0.25) is 23.6 Å². The van der Waals surface area contributed by atoms with Gasteiger partial charge in [-0.25, -0.2) is 0 Å². The van der Waals surface area contributed by atoms with Crippen LogP contribution in [0.25, 0.3) is 0 Å². The molecular weight excluding hydrogens is 718 g/mol. The second kappa shape index (κ2) is 19.5. The molecule has 0 unspecified atom stereocenters. The molecule has 14 nitrogen and oxygen atoms in total. The van der Waals surface area contributed by atoms with E-state index in [0.717, 1.165) is 5.56 Å². The number of rotatable bonds is 7. The number of aliphatic hydroxyl groups excluding tert-OH is 2. The molecule has 5 N–H and O–H groups in total. The molecule has 3 fully saturated rings. The smallest absolute Gasteiger partial charge is 0.244 e. The Kier molecular flexibility index (Phi) is 15.9. The van der Waals surface area contributed by atoms with Crippen LogP contribution in [-0.2, 0) is 35.1 Å². The molecule has 0 spiro atoms. The summed E-state index contributed by atoms with van der Waals surface area (Å²) >= 11 is 0. The molecule has 0 radical (unpaired) electrons. The van der Waals surface area contributed by atoms with Crippen LogP contribution in [0.4, 0.5) is 0 Å². The second-order valence-corrected chi connectivity index (χ2v) is 17.7. The van der Waals surface area contributed by atoms with Crippen molar-refractivity contribution in [3.05, 3.63) is 35.9 Å². The molecule has 1 aromatic rings. The Balaban J connectivity index is 1.73. The number of aliphatic hydroxyl groups is 3. The van der Waals surface area contributed by atoms with Crippen molar-refractivity contribution in [3.63, 3.8) is 0 Å². The van der Waals surface area contributed by atoms with E-state index >= 15 is 0 Å². The first-order valence-electron chi connectivity index (χ1n) is 20.5. The van der Waals surface area contributed by atoms with Crippen molar-refractivity contribution in [2.75, 3.05) is 34.2 Å². The van der Waals surface area contributed by atoms with Gasteiger partial charge in [-0.15, -0.1) is 0 Å². The molecule has 4 rings (SSSR count). The number of fused-ring (bicyclic) bond motifs is 1. The van der Waals surface area contributed by atoms with E-state index in [9.17, 15) is 34.5 Å². The number of ether oxygens (including phenoxy) is 2. The largest absolute Gasteiger partial charge is 0.392 e. The van der Waals surface area contributed by atoms with Crippen molar-refractivity contribution in [1.82, 2.24) is 25.3 Å². The Morgan fingerprint density at radius 1 is 0.982 bits per heavy atom. The predicted molar refractivity (Wildman–Crippen MR) is 212 cm³/mol. The van der Waals surface area contributed by atoms with E-state index in [-0.39, 0.29) is 42.9 Å². The Morgan fingerprint density at radius 2 is 1.64 bits per heavy atom. The summed E-state index contributed by atoms with van der Waals surface area (Å²) < 4.78 is 12.7. The first-order chi connectivity index (χ1) is 26.2. The molecule has 0 bridgehead atoms. The van der Waals surface area contributed by atoms with Gasteiger partial charge in [0, 0.05) is 32.1 Å². The number of benzene rings is 1. The van der Waals surface area contributed by atoms with Crippen molar-refractivity contribution < 1.29 is 44.0 Å². The quantitative estimate of drug-likeness (QED) is 0.274. The summed E-state index contributed by atoms with van der Waals surface area (Å²) in [7, 11) is 5.39. The summed E-state index contributed by atoms with van der Waals surface area (Å²) in [4.78, 5) is 61.2. The monoisotopic (exact) mass is 788 g/mol. The fourth-order valence-corrected chi connectivity index (χ4v) is 8.95. The van der Waals surface area contributed by atoms with Crippen LogP contribution in [0.3, 0.4) is 0 Å². The third kappa shape index (κ3) is 11.1. The molecule has 0 saturated carbocycles. The van der Waals surface area contributed by atoms with E-state index < -0.39 is 77.9 Å². The number of carbonyl (C=O) groups excluding carboxylic acids is 4. The Morgan fingerprint density at radius 3 is 2.27 bits per heavy atom. The van der Waals surface area contributed by atoms with Gasteiger partial charge in [0.25, 0.3) is 0 Å². The number of hydrogen-bond donors (Lipinski definition) is 5. The maximum absolute atomic E-state index is 14.2. The minimum Gasteiger partial charge on any atom is -0.392 e. The van der Waals surface area contributed by atoms with E-state index in [1.54, 1.807) is 32.7 Å². The minimum absolute atomic E-state index is 0.118. The second-order valence-electron chi connectivity index (χ2n) is 17.7. The van der Waals surface area contributed by atoms with Crippen molar-refractivity contribution in [1.29, 1.82) is 0 Å². The summed E-state index contributed by atoms with van der Waals surface area (Å²) in [5.74, 6) is -4.20. The number of carbonyl (C=O) groups is 4. The van der Waals surface area contributed by atoms with Crippen LogP contribution < -0.4 is 10.6 Å². The van der Waals surface area contributed by atoms with Gasteiger partial charge in [-0.1, -0.05) is 65.0 Å². The van der Waals surface area contributed by atoms with Crippen LogP contribution in [-0.4, -0.2) is 148 Å². The highest BCUT2D eigenvalue weighted by atomic mass is 16.7. The average molecular weight is 788 g/mol. The van der Waals surface area contributed by atoms with E-state index in [2.05, 4.69) is 10.6 Å². The highest BCUT2D eigenvalue weighted by Gasteiger charge is 2.49. The summed E-state index contributed by atoms with van der Waals surface area (Å²) in [5.41, 5.74) is -0.638. The summed E-state index contributed by atoms with van der Waals surface area (Å²) in [6, 6.07) is 6.65. The lowest BCUT2D eigenvalue weighted by Gasteiger charge is -2.46. The van der Waals surface area contributed by atoms with Gasteiger partial charge >= 0.3 is 0 Å². The number of hydrogen-bond acceptors (Lipinski definition) is 10. The zero-order valence-electron chi connectivity index (χ0n) is 35.2. The van der Waals surface area contributed by atoms with Gasteiger partial charge in [-0.2, -0.15) is 0 Å². The molecule has 3 saturated heterocycles. The van der Waals surface area contributed by atoms with Crippen LogP contribution in [0.15, 0.2) is 30.3 Å². The van der Waals surface area contributed by atoms with Crippen LogP contribution in [0.2, 0.25) is 0 Å². The molecule has 3 aliphatic heterocycles. The van der Waals surface area contributed by atoms with Gasteiger partial charge in [0.05, 0.1) is 29.8 Å². The maximum atomic E-state index is 14.2. The van der Waals surface area contributed by atoms with Gasteiger partial charge < -0.3 is 50.1 Å². The molecule has 4 amide bonds.